The van der Waals surface area contributed by atoms with Gasteiger partial charge in [-0.1, -0.05) is 35.5 Å². The highest BCUT2D eigenvalue weighted by atomic mass is 19.1. The molecule has 2 heterocycles. The van der Waals surface area contributed by atoms with Gasteiger partial charge in [-0.15, -0.1) is 5.10 Å². The average molecular weight is 392 g/mol. The molecule has 2 aromatic heterocycles. The monoisotopic (exact) mass is 392 g/mol. The largest absolute Gasteiger partial charge is 0.462 e. The topological polar surface area (TPSA) is 79.0 Å². The van der Waals surface area contributed by atoms with Crippen molar-refractivity contribution in [2.45, 2.75) is 6.92 Å². The molecule has 0 amide bonds. The van der Waals surface area contributed by atoms with E-state index in [-0.39, 0.29) is 23.2 Å². The van der Waals surface area contributed by atoms with Gasteiger partial charge in [-0.3, -0.25) is 4.79 Å². The standard InChI is InChI=1S/C21H17FN4O3/c1-3-29-21(28)15-11-25(2)18-10-19(16(22)9-14(18)20(15)27)26-12-17(23-24-26)13-7-5-4-6-8-13/h4-12H,3H2,1-2H3. The number of nitrogens with zero attached hydrogens (tertiary/aromatic N) is 4. The van der Waals surface area contributed by atoms with Gasteiger partial charge < -0.3 is 9.30 Å². The van der Waals surface area contributed by atoms with Gasteiger partial charge in [0.2, 0.25) is 5.43 Å². The van der Waals surface area contributed by atoms with Gasteiger partial charge >= 0.3 is 5.97 Å². The van der Waals surface area contributed by atoms with Crippen LogP contribution in [-0.2, 0) is 11.8 Å². The van der Waals surface area contributed by atoms with E-state index in [1.807, 2.05) is 30.3 Å². The highest BCUT2D eigenvalue weighted by Crippen LogP contribution is 2.22. The summed E-state index contributed by atoms with van der Waals surface area (Å²) < 4.78 is 22.7. The quantitative estimate of drug-likeness (QED) is 0.499. The zero-order valence-corrected chi connectivity index (χ0v) is 15.8. The predicted octanol–water partition coefficient (Wildman–Crippen LogP) is 3.10. The Bertz CT molecular complexity index is 1280. The first kappa shape index (κ1) is 18.5. The van der Waals surface area contributed by atoms with E-state index < -0.39 is 17.2 Å². The first-order valence-corrected chi connectivity index (χ1v) is 8.97. The van der Waals surface area contributed by atoms with E-state index in [1.165, 1.54) is 16.9 Å². The molecular formula is C21H17FN4O3. The van der Waals surface area contributed by atoms with Crippen molar-refractivity contribution < 1.29 is 13.9 Å². The zero-order valence-electron chi connectivity index (χ0n) is 15.8. The molecule has 7 nitrogen and oxygen atoms in total. The molecule has 0 unspecified atom stereocenters. The van der Waals surface area contributed by atoms with Crippen LogP contribution in [0, 0.1) is 5.82 Å². The number of pyridine rings is 1. The average Bonchev–Trinajstić information content (AvgIpc) is 3.21. The lowest BCUT2D eigenvalue weighted by Gasteiger charge is -2.11. The van der Waals surface area contributed by atoms with Crippen molar-refractivity contribution in [3.05, 3.63) is 76.5 Å². The number of esters is 1. The summed E-state index contributed by atoms with van der Waals surface area (Å²) in [7, 11) is 1.67. The summed E-state index contributed by atoms with van der Waals surface area (Å²) in [5, 5.41) is 8.20. The molecule has 0 atom stereocenters. The van der Waals surface area contributed by atoms with Crippen LogP contribution in [0.1, 0.15) is 17.3 Å². The fourth-order valence-corrected chi connectivity index (χ4v) is 3.14. The van der Waals surface area contributed by atoms with Gasteiger partial charge in [-0.05, 0) is 19.1 Å². The number of rotatable bonds is 4. The molecule has 0 aliphatic heterocycles. The number of benzene rings is 2. The lowest BCUT2D eigenvalue weighted by molar-refractivity contribution is 0.0524. The van der Waals surface area contributed by atoms with E-state index in [9.17, 15) is 14.0 Å². The fraction of sp³-hybridized carbons (Fsp3) is 0.143. The highest BCUT2D eigenvalue weighted by Gasteiger charge is 2.18. The van der Waals surface area contributed by atoms with Crippen LogP contribution >= 0.6 is 0 Å². The number of carbonyl (C=O) groups is 1. The molecule has 29 heavy (non-hydrogen) atoms. The molecule has 4 rings (SSSR count). The van der Waals surface area contributed by atoms with Crippen LogP contribution in [0.25, 0.3) is 27.8 Å². The lowest BCUT2D eigenvalue weighted by atomic mass is 10.1. The van der Waals surface area contributed by atoms with Gasteiger partial charge in [0, 0.05) is 24.2 Å². The summed E-state index contributed by atoms with van der Waals surface area (Å²) in [4.78, 5) is 24.7. The van der Waals surface area contributed by atoms with Crippen LogP contribution in [0.15, 0.2) is 59.7 Å². The van der Waals surface area contributed by atoms with E-state index in [2.05, 4.69) is 10.3 Å². The molecule has 0 saturated heterocycles. The van der Waals surface area contributed by atoms with Crippen LogP contribution < -0.4 is 5.43 Å². The molecule has 0 spiro atoms. The molecule has 0 aliphatic carbocycles. The molecule has 0 saturated carbocycles. The number of hydrogen-bond donors (Lipinski definition) is 0. The summed E-state index contributed by atoms with van der Waals surface area (Å²) in [5.41, 5.74) is 1.33. The van der Waals surface area contributed by atoms with E-state index in [0.717, 1.165) is 11.6 Å². The van der Waals surface area contributed by atoms with Gasteiger partial charge in [0.25, 0.3) is 0 Å². The molecule has 0 radical (unpaired) electrons. The first-order chi connectivity index (χ1) is 14.0. The minimum atomic E-state index is -0.733. The molecular weight excluding hydrogens is 375 g/mol. The van der Waals surface area contributed by atoms with Crippen molar-refractivity contribution in [3.63, 3.8) is 0 Å². The third kappa shape index (κ3) is 3.29. The summed E-state index contributed by atoms with van der Waals surface area (Å²) >= 11 is 0. The maximum atomic E-state index is 14.9. The number of carbonyl (C=O) groups excluding carboxylic acids is 1. The third-order valence-electron chi connectivity index (χ3n) is 4.56. The molecule has 0 N–H and O–H groups in total. The molecule has 8 heteroatoms. The van der Waals surface area contributed by atoms with Gasteiger partial charge in [-0.2, -0.15) is 0 Å². The Morgan fingerprint density at radius 3 is 2.66 bits per heavy atom. The molecule has 0 bridgehead atoms. The molecule has 2 aromatic carbocycles. The van der Waals surface area contributed by atoms with Gasteiger partial charge in [0.05, 0.1) is 18.3 Å². The van der Waals surface area contributed by atoms with Crippen LogP contribution in [-0.4, -0.2) is 32.1 Å². The normalized spacial score (nSPS) is 11.0. The summed E-state index contributed by atoms with van der Waals surface area (Å²) in [6.07, 6.45) is 3.01. The second-order valence-corrected chi connectivity index (χ2v) is 6.44. The van der Waals surface area contributed by atoms with E-state index in [0.29, 0.717) is 11.2 Å². The number of ether oxygens (including phenoxy) is 1. The number of halogens is 1. The van der Waals surface area contributed by atoms with Crippen LogP contribution in [0.4, 0.5) is 4.39 Å². The molecule has 4 aromatic rings. The van der Waals surface area contributed by atoms with Gasteiger partial charge in [-0.25, -0.2) is 13.9 Å². The predicted molar refractivity (Wildman–Crippen MR) is 105 cm³/mol. The van der Waals surface area contributed by atoms with Crippen molar-refractivity contribution in [1.82, 2.24) is 19.6 Å². The fourth-order valence-electron chi connectivity index (χ4n) is 3.14. The maximum Gasteiger partial charge on any atom is 0.343 e. The maximum absolute atomic E-state index is 14.9. The van der Waals surface area contributed by atoms with Crippen LogP contribution in [0.3, 0.4) is 0 Å². The Kier molecular flexibility index (Phi) is 4.67. The number of aromatic nitrogens is 4. The summed E-state index contributed by atoms with van der Waals surface area (Å²) in [6.45, 7) is 1.79. The first-order valence-electron chi connectivity index (χ1n) is 8.97. The smallest absolute Gasteiger partial charge is 0.343 e. The Morgan fingerprint density at radius 1 is 1.17 bits per heavy atom. The Labute approximate surface area is 165 Å². The number of hydrogen-bond acceptors (Lipinski definition) is 5. The van der Waals surface area contributed by atoms with E-state index >= 15 is 0 Å². The molecule has 146 valence electrons. The summed E-state index contributed by atoms with van der Waals surface area (Å²) in [5.74, 6) is -1.39. The number of fused-ring (bicyclic) bond motifs is 1. The van der Waals surface area contributed by atoms with Crippen molar-refractivity contribution in [3.8, 4) is 16.9 Å². The van der Waals surface area contributed by atoms with Crippen LogP contribution in [0.5, 0.6) is 0 Å². The number of aryl methyl sites for hydroxylation is 1. The third-order valence-corrected chi connectivity index (χ3v) is 4.56. The molecule has 0 aliphatic rings. The Hall–Kier alpha value is -3.81. The van der Waals surface area contributed by atoms with Crippen molar-refractivity contribution in [2.24, 2.45) is 7.05 Å². The minimum Gasteiger partial charge on any atom is -0.462 e. The van der Waals surface area contributed by atoms with E-state index in [4.69, 9.17) is 4.74 Å². The Balaban J connectivity index is 1.84. The second kappa shape index (κ2) is 7.31. The zero-order chi connectivity index (χ0) is 20.5. The van der Waals surface area contributed by atoms with Crippen LogP contribution in [0.2, 0.25) is 0 Å². The van der Waals surface area contributed by atoms with Gasteiger partial charge in [0.1, 0.15) is 22.8 Å². The van der Waals surface area contributed by atoms with E-state index in [1.54, 1.807) is 24.7 Å². The van der Waals surface area contributed by atoms with Crippen molar-refractivity contribution in [2.75, 3.05) is 6.61 Å². The lowest BCUT2D eigenvalue weighted by Crippen LogP contribution is -2.20. The highest BCUT2D eigenvalue weighted by molar-refractivity contribution is 5.94. The second-order valence-electron chi connectivity index (χ2n) is 6.44. The summed E-state index contributed by atoms with van der Waals surface area (Å²) in [6, 6.07) is 12.0. The van der Waals surface area contributed by atoms with Gasteiger partial charge in [0.15, 0.2) is 0 Å². The van der Waals surface area contributed by atoms with Crippen molar-refractivity contribution >= 4 is 16.9 Å². The Morgan fingerprint density at radius 2 is 1.93 bits per heavy atom. The van der Waals surface area contributed by atoms with Crippen molar-refractivity contribution in [1.29, 1.82) is 0 Å². The molecule has 0 fully saturated rings. The SMILES string of the molecule is CCOC(=O)c1cn(C)c2cc(-n3cc(-c4ccccc4)nn3)c(F)cc2c1=O. The minimum absolute atomic E-state index is 0.0858.